The molecule has 2 aromatic rings. The minimum absolute atomic E-state index is 0.192. The van der Waals surface area contributed by atoms with Crippen molar-refractivity contribution in [3.8, 4) is 11.3 Å². The average molecular weight is 499 g/mol. The van der Waals surface area contributed by atoms with Gasteiger partial charge in [-0.25, -0.2) is 14.0 Å². The number of benzene rings is 1. The summed E-state index contributed by atoms with van der Waals surface area (Å²) in [5, 5.41) is 3.53. The van der Waals surface area contributed by atoms with E-state index in [4.69, 9.17) is 14.0 Å². The molecule has 0 radical (unpaired) electrons. The number of ether oxygens (including phenoxy) is 2. The van der Waals surface area contributed by atoms with Gasteiger partial charge in [0, 0.05) is 11.6 Å². The van der Waals surface area contributed by atoms with E-state index < -0.39 is 52.3 Å². The lowest BCUT2D eigenvalue weighted by atomic mass is 10.0. The Morgan fingerprint density at radius 1 is 1.21 bits per heavy atom. The van der Waals surface area contributed by atoms with E-state index in [1.165, 1.54) is 11.0 Å². The molecule has 1 saturated heterocycles. The van der Waals surface area contributed by atoms with E-state index in [-0.39, 0.29) is 11.5 Å². The summed E-state index contributed by atoms with van der Waals surface area (Å²) in [6, 6.07) is 6.97. The Morgan fingerprint density at radius 3 is 2.35 bits per heavy atom. The fourth-order valence-electron chi connectivity index (χ4n) is 3.61. The highest BCUT2D eigenvalue weighted by Crippen LogP contribution is 2.42. The zero-order valence-corrected chi connectivity index (χ0v) is 20.5. The zero-order valence-electron chi connectivity index (χ0n) is 19.7. The Morgan fingerprint density at radius 2 is 1.82 bits per heavy atom. The molecule has 1 fully saturated rings. The van der Waals surface area contributed by atoms with Crippen LogP contribution in [0.15, 0.2) is 34.9 Å². The van der Waals surface area contributed by atoms with Crippen LogP contribution in [0.1, 0.15) is 56.8 Å². The number of rotatable bonds is 5. The molecule has 0 bridgehead atoms. The third-order valence-corrected chi connectivity index (χ3v) is 5.35. The van der Waals surface area contributed by atoms with Crippen LogP contribution < -0.4 is 0 Å². The molecule has 0 aliphatic carbocycles. The second kappa shape index (κ2) is 8.99. The average Bonchev–Trinajstić information content (AvgIpc) is 3.27. The largest absolute Gasteiger partial charge is 0.444 e. The van der Waals surface area contributed by atoms with Gasteiger partial charge in [0.15, 0.2) is 11.5 Å². The van der Waals surface area contributed by atoms with Gasteiger partial charge in [-0.05, 0) is 40.2 Å². The van der Waals surface area contributed by atoms with E-state index in [1.807, 2.05) is 0 Å². The van der Waals surface area contributed by atoms with Gasteiger partial charge in [0.1, 0.15) is 24.1 Å². The Labute approximate surface area is 197 Å². The monoisotopic (exact) mass is 498 g/mol. The first-order valence-corrected chi connectivity index (χ1v) is 12.2. The van der Waals surface area contributed by atoms with Crippen molar-refractivity contribution in [3.63, 3.8) is 0 Å². The van der Waals surface area contributed by atoms with E-state index in [0.29, 0.717) is 11.1 Å². The molecule has 0 N–H and O–H groups in total. The lowest BCUT2D eigenvalue weighted by Gasteiger charge is -2.34. The van der Waals surface area contributed by atoms with Gasteiger partial charge in [0.05, 0.1) is 12.3 Å². The molecule has 2 atom stereocenters. The number of hydrogen-bond donors (Lipinski definition) is 0. The van der Waals surface area contributed by atoms with Crippen LogP contribution in [0.2, 0.25) is 0 Å². The zero-order chi connectivity index (χ0) is 25.5. The number of halogens is 1. The summed E-state index contributed by atoms with van der Waals surface area (Å²) in [7, 11) is -3.99. The van der Waals surface area contributed by atoms with E-state index >= 15 is 0 Å². The topological polar surface area (TPSA) is 125 Å². The number of amides is 1. The van der Waals surface area contributed by atoms with Gasteiger partial charge in [0.25, 0.3) is 0 Å². The minimum atomic E-state index is -3.99. The molecule has 1 aliphatic heterocycles. The number of hydrogen-bond acceptors (Lipinski definition) is 9. The van der Waals surface area contributed by atoms with E-state index in [2.05, 4.69) is 9.34 Å². The molecule has 1 aliphatic rings. The molecule has 1 aromatic carbocycles. The molecule has 10 nitrogen and oxygen atoms in total. The van der Waals surface area contributed by atoms with E-state index in [1.54, 1.807) is 58.9 Å². The fourth-order valence-corrected chi connectivity index (χ4v) is 3.97. The summed E-state index contributed by atoms with van der Waals surface area (Å²) >= 11 is 0. The standard InChI is InChI=1S/C22H27FN2O8S/c1-21(2,3)31-20(27)25-16(12-23)18(30-22(25,4)5)14-9-7-13(8-10-14)17-11-15(24-32-17)19(26)33-34(6,28)29/h7-11,16,18H,12H2,1-6H3/t16?,18-/m1/s1. The Bertz CT molecular complexity index is 1170. The third kappa shape index (κ3) is 5.73. The highest BCUT2D eigenvalue weighted by Gasteiger charge is 2.51. The van der Waals surface area contributed by atoms with Gasteiger partial charge in [-0.2, -0.15) is 8.42 Å². The molecule has 34 heavy (non-hydrogen) atoms. The molecule has 186 valence electrons. The molecule has 12 heteroatoms. The second-order valence-corrected chi connectivity index (χ2v) is 10.9. The molecule has 0 saturated carbocycles. The predicted molar refractivity (Wildman–Crippen MR) is 118 cm³/mol. The summed E-state index contributed by atoms with van der Waals surface area (Å²) in [4.78, 5) is 25.9. The maximum Gasteiger partial charge on any atom is 0.413 e. The van der Waals surface area contributed by atoms with Crippen LogP contribution in [-0.4, -0.2) is 60.8 Å². The molecule has 0 spiro atoms. The van der Waals surface area contributed by atoms with Gasteiger partial charge in [-0.1, -0.05) is 29.4 Å². The van der Waals surface area contributed by atoms with Crippen LogP contribution in [0.3, 0.4) is 0 Å². The smallest absolute Gasteiger partial charge is 0.413 e. The Balaban J connectivity index is 1.82. The van der Waals surface area contributed by atoms with Gasteiger partial charge in [-0.15, -0.1) is 0 Å². The summed E-state index contributed by atoms with van der Waals surface area (Å²) < 4.78 is 57.2. The summed E-state index contributed by atoms with van der Waals surface area (Å²) in [6.45, 7) is 7.67. The second-order valence-electron chi connectivity index (χ2n) is 9.33. The van der Waals surface area contributed by atoms with Crippen molar-refractivity contribution in [1.29, 1.82) is 0 Å². The van der Waals surface area contributed by atoms with Crippen LogP contribution in [-0.2, 0) is 23.8 Å². The number of carbonyl (C=O) groups excluding carboxylic acids is 2. The Hall–Kier alpha value is -2.99. The lowest BCUT2D eigenvalue weighted by Crippen LogP contribution is -2.50. The molecule has 3 rings (SSSR count). The van der Waals surface area contributed by atoms with Gasteiger partial charge in [0.2, 0.25) is 0 Å². The first-order valence-electron chi connectivity index (χ1n) is 10.4. The number of carbonyl (C=O) groups is 2. The van der Waals surface area contributed by atoms with E-state index in [9.17, 15) is 22.4 Å². The quantitative estimate of drug-likeness (QED) is 0.565. The summed E-state index contributed by atoms with van der Waals surface area (Å²) in [5.41, 5.74) is -1.04. The fraction of sp³-hybridized carbons (Fsp3) is 0.500. The van der Waals surface area contributed by atoms with E-state index in [0.717, 1.165) is 6.26 Å². The van der Waals surface area contributed by atoms with Crippen LogP contribution in [0.4, 0.5) is 9.18 Å². The van der Waals surface area contributed by atoms with Crippen LogP contribution in [0, 0.1) is 0 Å². The van der Waals surface area contributed by atoms with Crippen molar-refractivity contribution < 1.29 is 40.6 Å². The van der Waals surface area contributed by atoms with Crippen LogP contribution in [0.5, 0.6) is 0 Å². The van der Waals surface area contributed by atoms with Crippen molar-refractivity contribution in [2.24, 2.45) is 0 Å². The third-order valence-electron chi connectivity index (χ3n) is 4.90. The van der Waals surface area contributed by atoms with Gasteiger partial charge < -0.3 is 18.2 Å². The number of nitrogens with zero attached hydrogens (tertiary/aromatic N) is 2. The maximum atomic E-state index is 14.1. The highest BCUT2D eigenvalue weighted by molar-refractivity contribution is 7.86. The maximum absolute atomic E-state index is 14.1. The first kappa shape index (κ1) is 25.6. The molecular formula is C22H27FN2O8S. The first-order chi connectivity index (χ1) is 15.6. The molecular weight excluding hydrogens is 471 g/mol. The normalized spacial score (nSPS) is 20.3. The van der Waals surface area contributed by atoms with Crippen molar-refractivity contribution in [2.45, 2.75) is 58.1 Å². The molecule has 1 aromatic heterocycles. The van der Waals surface area contributed by atoms with Crippen LogP contribution >= 0.6 is 0 Å². The van der Waals surface area contributed by atoms with Gasteiger partial charge >= 0.3 is 22.2 Å². The predicted octanol–water partition coefficient (Wildman–Crippen LogP) is 3.84. The molecule has 1 amide bonds. The van der Waals surface area contributed by atoms with Gasteiger partial charge in [-0.3, -0.25) is 4.90 Å². The molecule has 2 heterocycles. The molecule has 1 unspecified atom stereocenters. The highest BCUT2D eigenvalue weighted by atomic mass is 32.2. The minimum Gasteiger partial charge on any atom is -0.444 e. The van der Waals surface area contributed by atoms with Crippen LogP contribution in [0.25, 0.3) is 11.3 Å². The summed E-state index contributed by atoms with van der Waals surface area (Å²) in [5.74, 6) is -0.971. The van der Waals surface area contributed by atoms with Crippen molar-refractivity contribution in [3.05, 3.63) is 41.6 Å². The van der Waals surface area contributed by atoms with Crippen molar-refractivity contribution >= 4 is 22.2 Å². The van der Waals surface area contributed by atoms with Crippen molar-refractivity contribution in [1.82, 2.24) is 10.1 Å². The Kier molecular flexibility index (Phi) is 6.78. The SMILES string of the molecule is CC(C)(C)OC(=O)N1C(CF)[C@@H](c2ccc(-c3cc(C(=O)OS(C)(=O)=O)no3)cc2)OC1(C)C. The number of alkyl halides is 1. The van der Waals surface area contributed by atoms with Crippen molar-refractivity contribution in [2.75, 3.05) is 12.9 Å². The lowest BCUT2D eigenvalue weighted by molar-refractivity contribution is -0.0797. The summed E-state index contributed by atoms with van der Waals surface area (Å²) in [6.07, 6.45) is -0.683. The number of aromatic nitrogens is 1.